The Labute approximate surface area is 353 Å². The molecule has 0 bridgehead atoms. The maximum atomic E-state index is 6.42. The summed E-state index contributed by atoms with van der Waals surface area (Å²) in [4.78, 5) is 9.15. The lowest BCUT2D eigenvalue weighted by Crippen LogP contribution is -2.32. The summed E-state index contributed by atoms with van der Waals surface area (Å²) < 4.78 is 25.4. The summed E-state index contributed by atoms with van der Waals surface area (Å²) in [5.41, 5.74) is 11.9. The van der Waals surface area contributed by atoms with Gasteiger partial charge >= 0.3 is 0 Å². The van der Waals surface area contributed by atoms with Crippen molar-refractivity contribution in [1.29, 1.82) is 0 Å². The van der Waals surface area contributed by atoms with E-state index in [9.17, 15) is 0 Å². The molecule has 10 rings (SSSR count). The first-order valence-corrected chi connectivity index (χ1v) is 20.9. The highest BCUT2D eigenvalue weighted by Crippen LogP contribution is 2.48. The Balaban J connectivity index is 1.13. The van der Waals surface area contributed by atoms with Crippen molar-refractivity contribution >= 4 is 11.4 Å². The van der Waals surface area contributed by atoms with Gasteiger partial charge in [0, 0.05) is 84.7 Å². The van der Waals surface area contributed by atoms with E-state index < -0.39 is 0 Å². The van der Waals surface area contributed by atoms with Crippen LogP contribution in [0.5, 0.6) is 23.0 Å². The molecule has 0 saturated heterocycles. The van der Waals surface area contributed by atoms with Crippen LogP contribution in [0.2, 0.25) is 0 Å². The van der Waals surface area contributed by atoms with Crippen LogP contribution in [-0.4, -0.2) is 49.8 Å². The Hall–Kier alpha value is -6.48. The van der Waals surface area contributed by atoms with Crippen LogP contribution in [0.3, 0.4) is 0 Å². The highest BCUT2D eigenvalue weighted by molar-refractivity contribution is 5.57. The van der Waals surface area contributed by atoms with Crippen LogP contribution < -0.4 is 28.7 Å². The lowest BCUT2D eigenvalue weighted by atomic mass is 9.72. The summed E-state index contributed by atoms with van der Waals surface area (Å²) in [7, 11) is 0. The monoisotopic (exact) mass is 794 g/mol. The molecule has 4 aliphatic rings. The minimum atomic E-state index is -0.0814. The number of benzene rings is 6. The van der Waals surface area contributed by atoms with Crippen molar-refractivity contribution in [2.75, 3.05) is 49.8 Å². The Morgan fingerprint density at radius 1 is 0.417 bits per heavy atom. The quantitative estimate of drug-likeness (QED) is 0.120. The van der Waals surface area contributed by atoms with Gasteiger partial charge in [-0.3, -0.25) is 9.80 Å². The van der Waals surface area contributed by atoms with Crippen molar-refractivity contribution in [1.82, 2.24) is 9.80 Å². The second-order valence-corrected chi connectivity index (χ2v) is 16.2. The van der Waals surface area contributed by atoms with E-state index in [1.807, 2.05) is 12.2 Å². The molecule has 0 fully saturated rings. The molecule has 0 saturated carbocycles. The van der Waals surface area contributed by atoms with Crippen molar-refractivity contribution in [3.8, 4) is 23.0 Å². The highest BCUT2D eigenvalue weighted by Gasteiger charge is 2.33. The molecular formula is C52H50N4O4. The lowest BCUT2D eigenvalue weighted by Gasteiger charge is -2.36. The smallest absolute Gasteiger partial charge is 0.161 e. The van der Waals surface area contributed by atoms with Crippen LogP contribution in [0, 0.1) is 0 Å². The van der Waals surface area contributed by atoms with Gasteiger partial charge in [0.25, 0.3) is 0 Å². The van der Waals surface area contributed by atoms with Gasteiger partial charge in [-0.15, -0.1) is 13.2 Å². The Morgan fingerprint density at radius 3 is 1.10 bits per heavy atom. The van der Waals surface area contributed by atoms with E-state index in [2.05, 4.69) is 166 Å². The molecule has 4 aliphatic heterocycles. The molecule has 0 amide bonds. The van der Waals surface area contributed by atoms with Crippen LogP contribution in [0.25, 0.3) is 0 Å². The third kappa shape index (κ3) is 7.60. The topological polar surface area (TPSA) is 49.9 Å². The van der Waals surface area contributed by atoms with Gasteiger partial charge in [0.05, 0.1) is 0 Å². The first-order valence-electron chi connectivity index (χ1n) is 20.9. The standard InChI is InChI=1S/C52H50N4O4/c1-3-23-53-29-41-25-37(15-19-47(41)57-33-53)51(39-17-21-49-43(27-39)31-55(35-59-49)45-11-7-5-8-12-45)52(38-16-20-48-42(26-38)30-54(24-4-2)34-58-48)40-18-22-50-44(28-40)32-56(36-60-50)46-13-9-6-10-14-46/h3-22,25-28,51-52H,1-2,23-24,29-36H2. The second-order valence-electron chi connectivity index (χ2n) is 16.2. The van der Waals surface area contributed by atoms with E-state index in [-0.39, 0.29) is 11.8 Å². The summed E-state index contributed by atoms with van der Waals surface area (Å²) in [6.45, 7) is 14.7. The second kappa shape index (κ2) is 16.6. The van der Waals surface area contributed by atoms with E-state index in [1.54, 1.807) is 0 Å². The van der Waals surface area contributed by atoms with Crippen LogP contribution >= 0.6 is 0 Å². The van der Waals surface area contributed by atoms with Crippen molar-refractivity contribution in [3.63, 3.8) is 0 Å². The predicted octanol–water partition coefficient (Wildman–Crippen LogP) is 10.0. The molecule has 0 aromatic heterocycles. The van der Waals surface area contributed by atoms with Crippen molar-refractivity contribution in [3.05, 3.63) is 203 Å². The minimum absolute atomic E-state index is 0.0814. The molecule has 6 aromatic carbocycles. The summed E-state index contributed by atoms with van der Waals surface area (Å²) >= 11 is 0. The van der Waals surface area contributed by atoms with Crippen LogP contribution in [0.15, 0.2) is 159 Å². The number of para-hydroxylation sites is 2. The van der Waals surface area contributed by atoms with Gasteiger partial charge in [0.1, 0.15) is 36.5 Å². The van der Waals surface area contributed by atoms with Crippen molar-refractivity contribution in [2.24, 2.45) is 0 Å². The van der Waals surface area contributed by atoms with Gasteiger partial charge in [-0.1, -0.05) is 84.9 Å². The third-order valence-electron chi connectivity index (χ3n) is 12.2. The van der Waals surface area contributed by atoms with Crippen molar-refractivity contribution < 1.29 is 18.9 Å². The van der Waals surface area contributed by atoms with Gasteiger partial charge in [-0.2, -0.15) is 0 Å². The zero-order valence-electron chi connectivity index (χ0n) is 33.9. The van der Waals surface area contributed by atoms with Crippen LogP contribution in [0.1, 0.15) is 56.3 Å². The first-order chi connectivity index (χ1) is 29.6. The summed E-state index contributed by atoms with van der Waals surface area (Å²) in [5.74, 6) is 3.57. The Bertz CT molecular complexity index is 2330. The molecule has 4 heterocycles. The number of fused-ring (bicyclic) bond motifs is 4. The fourth-order valence-corrected chi connectivity index (χ4v) is 9.28. The van der Waals surface area contributed by atoms with Gasteiger partial charge in [0.2, 0.25) is 0 Å². The van der Waals surface area contributed by atoms with Crippen molar-refractivity contribution in [2.45, 2.75) is 38.0 Å². The van der Waals surface area contributed by atoms with Gasteiger partial charge in [0.15, 0.2) is 13.5 Å². The molecule has 302 valence electrons. The van der Waals surface area contributed by atoms with E-state index in [1.165, 1.54) is 44.5 Å². The minimum Gasteiger partial charge on any atom is -0.478 e. The number of anilines is 2. The van der Waals surface area contributed by atoms with Gasteiger partial charge < -0.3 is 28.7 Å². The molecule has 8 nitrogen and oxygen atoms in total. The van der Waals surface area contributed by atoms with E-state index in [0.29, 0.717) is 26.9 Å². The number of hydrogen-bond acceptors (Lipinski definition) is 8. The predicted molar refractivity (Wildman–Crippen MR) is 238 cm³/mol. The molecular weight excluding hydrogens is 745 g/mol. The van der Waals surface area contributed by atoms with E-state index in [0.717, 1.165) is 73.6 Å². The fourth-order valence-electron chi connectivity index (χ4n) is 9.28. The Morgan fingerprint density at radius 2 is 0.750 bits per heavy atom. The zero-order valence-corrected chi connectivity index (χ0v) is 33.9. The number of rotatable bonds is 11. The number of hydrogen-bond donors (Lipinski definition) is 0. The SMILES string of the molecule is C=CCN1COc2ccc(C(c3ccc4c(c3)CN(c3ccccc3)CO4)C(c3ccc4c(c3)CN(CC=C)CO4)c3ccc4c(c3)CN(c3ccccc3)CO4)cc2C1. The fraction of sp³-hybridized carbons (Fsp3) is 0.231. The first kappa shape index (κ1) is 37.8. The number of nitrogens with zero attached hydrogens (tertiary/aromatic N) is 4. The van der Waals surface area contributed by atoms with E-state index in [4.69, 9.17) is 18.9 Å². The molecule has 60 heavy (non-hydrogen) atoms. The third-order valence-corrected chi connectivity index (χ3v) is 12.2. The molecule has 0 radical (unpaired) electrons. The highest BCUT2D eigenvalue weighted by atomic mass is 16.5. The normalized spacial score (nSPS) is 16.9. The average molecular weight is 795 g/mol. The molecule has 2 unspecified atom stereocenters. The summed E-state index contributed by atoms with van der Waals surface area (Å²) in [5, 5.41) is 0. The molecule has 0 spiro atoms. The molecule has 0 N–H and O–H groups in total. The van der Waals surface area contributed by atoms with Gasteiger partial charge in [-0.05, 0) is 82.9 Å². The number of ether oxygens (including phenoxy) is 4. The van der Waals surface area contributed by atoms with Gasteiger partial charge in [-0.25, -0.2) is 0 Å². The molecule has 0 aliphatic carbocycles. The molecule has 2 atom stereocenters. The largest absolute Gasteiger partial charge is 0.478 e. The lowest BCUT2D eigenvalue weighted by molar-refractivity contribution is 0.107. The summed E-state index contributed by atoms with van der Waals surface area (Å²) in [6.07, 6.45) is 3.89. The molecule has 8 heteroatoms. The van der Waals surface area contributed by atoms with E-state index >= 15 is 0 Å². The van der Waals surface area contributed by atoms with Crippen LogP contribution in [-0.2, 0) is 26.2 Å². The van der Waals surface area contributed by atoms with Crippen LogP contribution in [0.4, 0.5) is 11.4 Å². The Kier molecular flexibility index (Phi) is 10.5. The summed E-state index contributed by atoms with van der Waals surface area (Å²) in [6, 6.07) is 48.4. The zero-order chi connectivity index (χ0) is 40.4. The maximum absolute atomic E-state index is 6.42. The maximum Gasteiger partial charge on any atom is 0.161 e. The molecule has 6 aromatic rings. The average Bonchev–Trinajstić information content (AvgIpc) is 3.30.